The second-order valence-corrected chi connectivity index (χ2v) is 6.67. The molecule has 1 aromatic carbocycles. The van der Waals surface area contributed by atoms with Crippen LogP contribution in [0.1, 0.15) is 38.8 Å². The quantitative estimate of drug-likeness (QED) is 0.732. The number of alkyl halides is 1. The molecule has 0 amide bonds. The highest BCUT2D eigenvalue weighted by Crippen LogP contribution is 2.22. The molecule has 1 rings (SSSR count). The third-order valence-electron chi connectivity index (χ3n) is 2.84. The molecule has 17 heavy (non-hydrogen) atoms. The van der Waals surface area contributed by atoms with E-state index in [2.05, 4.69) is 57.0 Å². The highest BCUT2D eigenvalue weighted by molar-refractivity contribution is 6.20. The summed E-state index contributed by atoms with van der Waals surface area (Å²) in [5, 5.41) is 0.203. The fourth-order valence-electron chi connectivity index (χ4n) is 1.92. The van der Waals surface area contributed by atoms with Crippen molar-refractivity contribution in [2.45, 2.75) is 45.0 Å². The van der Waals surface area contributed by atoms with Gasteiger partial charge in [-0.3, -0.25) is 0 Å². The van der Waals surface area contributed by atoms with E-state index in [4.69, 9.17) is 11.6 Å². The molecule has 2 heteroatoms. The first kappa shape index (κ1) is 14.5. The summed E-state index contributed by atoms with van der Waals surface area (Å²) in [6.45, 7) is 10.6. The Bertz CT molecular complexity index is 335. The first-order valence-electron chi connectivity index (χ1n) is 6.21. The topological polar surface area (TPSA) is 3.24 Å². The van der Waals surface area contributed by atoms with Crippen LogP contribution in [0, 0.1) is 0 Å². The normalized spacial score (nSPS) is 14.1. The SMILES string of the molecule is CC(Cl)CN(C)Cc1ccc(C(C)(C)C)cc1. The van der Waals surface area contributed by atoms with Crippen molar-refractivity contribution in [3.63, 3.8) is 0 Å². The van der Waals surface area contributed by atoms with E-state index in [1.807, 2.05) is 6.92 Å². The van der Waals surface area contributed by atoms with Gasteiger partial charge >= 0.3 is 0 Å². The Hall–Kier alpha value is -0.530. The Kier molecular flexibility index (Phi) is 5.03. The van der Waals surface area contributed by atoms with Gasteiger partial charge in [0, 0.05) is 18.5 Å². The standard InChI is InChI=1S/C15H24ClN/c1-12(16)10-17(5)11-13-6-8-14(9-7-13)15(2,3)4/h6-9,12H,10-11H2,1-5H3. The van der Waals surface area contributed by atoms with Crippen molar-refractivity contribution in [1.29, 1.82) is 0 Å². The minimum atomic E-state index is 0.203. The fourth-order valence-corrected chi connectivity index (χ4v) is 2.15. The summed E-state index contributed by atoms with van der Waals surface area (Å²) in [7, 11) is 2.11. The fraction of sp³-hybridized carbons (Fsp3) is 0.600. The molecule has 0 saturated heterocycles. The van der Waals surface area contributed by atoms with Crippen LogP contribution in [0.5, 0.6) is 0 Å². The van der Waals surface area contributed by atoms with Crippen LogP contribution in [-0.4, -0.2) is 23.9 Å². The molecule has 96 valence electrons. The molecule has 1 nitrogen and oxygen atoms in total. The maximum Gasteiger partial charge on any atom is 0.0435 e. The molecular weight excluding hydrogens is 230 g/mol. The van der Waals surface area contributed by atoms with Gasteiger partial charge in [0.15, 0.2) is 0 Å². The lowest BCUT2D eigenvalue weighted by atomic mass is 9.87. The molecule has 0 aromatic heterocycles. The number of benzene rings is 1. The van der Waals surface area contributed by atoms with E-state index in [1.165, 1.54) is 11.1 Å². The summed E-state index contributed by atoms with van der Waals surface area (Å²) in [4.78, 5) is 2.25. The van der Waals surface area contributed by atoms with E-state index in [0.717, 1.165) is 13.1 Å². The predicted molar refractivity (Wildman–Crippen MR) is 76.8 cm³/mol. The van der Waals surface area contributed by atoms with Gasteiger partial charge in [0.2, 0.25) is 0 Å². The number of nitrogens with zero attached hydrogens (tertiary/aromatic N) is 1. The van der Waals surface area contributed by atoms with Crippen LogP contribution in [0.25, 0.3) is 0 Å². The van der Waals surface area contributed by atoms with E-state index in [1.54, 1.807) is 0 Å². The van der Waals surface area contributed by atoms with Gasteiger partial charge in [-0.1, -0.05) is 45.0 Å². The molecular formula is C15H24ClN. The maximum atomic E-state index is 5.98. The van der Waals surface area contributed by atoms with Gasteiger partial charge in [-0.05, 0) is 30.5 Å². The van der Waals surface area contributed by atoms with E-state index < -0.39 is 0 Å². The van der Waals surface area contributed by atoms with Gasteiger partial charge < -0.3 is 4.90 Å². The predicted octanol–water partition coefficient (Wildman–Crippen LogP) is 4.04. The number of hydrogen-bond acceptors (Lipinski definition) is 1. The van der Waals surface area contributed by atoms with Crippen molar-refractivity contribution in [1.82, 2.24) is 4.90 Å². The number of halogens is 1. The second kappa shape index (κ2) is 5.88. The summed E-state index contributed by atoms with van der Waals surface area (Å²) >= 11 is 5.98. The molecule has 0 aliphatic carbocycles. The maximum absolute atomic E-state index is 5.98. The van der Waals surface area contributed by atoms with Crippen molar-refractivity contribution in [3.8, 4) is 0 Å². The molecule has 0 heterocycles. The zero-order valence-corrected chi connectivity index (χ0v) is 12.4. The molecule has 0 N–H and O–H groups in total. The third kappa shape index (κ3) is 5.10. The largest absolute Gasteiger partial charge is 0.301 e. The van der Waals surface area contributed by atoms with Crippen LogP contribution < -0.4 is 0 Å². The van der Waals surface area contributed by atoms with Crippen LogP contribution >= 0.6 is 11.6 Å². The molecule has 0 spiro atoms. The van der Waals surface area contributed by atoms with Gasteiger partial charge in [-0.2, -0.15) is 0 Å². The van der Waals surface area contributed by atoms with Crippen molar-refractivity contribution in [2.24, 2.45) is 0 Å². The van der Waals surface area contributed by atoms with Crippen molar-refractivity contribution >= 4 is 11.6 Å². The molecule has 0 saturated carbocycles. The van der Waals surface area contributed by atoms with Crippen LogP contribution in [0.15, 0.2) is 24.3 Å². The van der Waals surface area contributed by atoms with Crippen LogP contribution in [0.3, 0.4) is 0 Å². The summed E-state index contributed by atoms with van der Waals surface area (Å²) in [5.74, 6) is 0. The van der Waals surface area contributed by atoms with Crippen LogP contribution in [0.2, 0.25) is 0 Å². The molecule has 0 fully saturated rings. The lowest BCUT2D eigenvalue weighted by Crippen LogP contribution is -2.24. The molecule has 0 aliphatic heterocycles. The Morgan fingerprint density at radius 2 is 1.71 bits per heavy atom. The minimum Gasteiger partial charge on any atom is -0.301 e. The van der Waals surface area contributed by atoms with Gasteiger partial charge in [-0.25, -0.2) is 0 Å². The van der Waals surface area contributed by atoms with Gasteiger partial charge in [0.1, 0.15) is 0 Å². The number of hydrogen-bond donors (Lipinski definition) is 0. The summed E-state index contributed by atoms with van der Waals surface area (Å²) in [6.07, 6.45) is 0. The Morgan fingerprint density at radius 1 is 1.18 bits per heavy atom. The Morgan fingerprint density at radius 3 is 2.12 bits per heavy atom. The average Bonchev–Trinajstić information content (AvgIpc) is 2.15. The zero-order chi connectivity index (χ0) is 13.1. The molecule has 0 bridgehead atoms. The highest BCUT2D eigenvalue weighted by Gasteiger charge is 2.13. The number of rotatable bonds is 4. The Labute approximate surface area is 111 Å². The second-order valence-electron chi connectivity index (χ2n) is 5.92. The van der Waals surface area contributed by atoms with Crippen LogP contribution in [-0.2, 0) is 12.0 Å². The first-order valence-corrected chi connectivity index (χ1v) is 6.64. The molecule has 1 unspecified atom stereocenters. The van der Waals surface area contributed by atoms with E-state index in [9.17, 15) is 0 Å². The van der Waals surface area contributed by atoms with Crippen molar-refractivity contribution < 1.29 is 0 Å². The molecule has 0 aliphatic rings. The van der Waals surface area contributed by atoms with E-state index in [0.29, 0.717) is 0 Å². The van der Waals surface area contributed by atoms with E-state index >= 15 is 0 Å². The van der Waals surface area contributed by atoms with E-state index in [-0.39, 0.29) is 10.8 Å². The summed E-state index contributed by atoms with van der Waals surface area (Å²) in [5.41, 5.74) is 2.96. The summed E-state index contributed by atoms with van der Waals surface area (Å²) in [6, 6.07) is 8.90. The lowest BCUT2D eigenvalue weighted by molar-refractivity contribution is 0.330. The van der Waals surface area contributed by atoms with Crippen LogP contribution in [0.4, 0.5) is 0 Å². The van der Waals surface area contributed by atoms with Gasteiger partial charge in [0.05, 0.1) is 0 Å². The molecule has 1 aromatic rings. The smallest absolute Gasteiger partial charge is 0.0435 e. The minimum absolute atomic E-state index is 0.203. The van der Waals surface area contributed by atoms with Crippen molar-refractivity contribution in [3.05, 3.63) is 35.4 Å². The summed E-state index contributed by atoms with van der Waals surface area (Å²) < 4.78 is 0. The average molecular weight is 254 g/mol. The molecule has 1 atom stereocenters. The van der Waals surface area contributed by atoms with Gasteiger partial charge in [-0.15, -0.1) is 11.6 Å². The third-order valence-corrected chi connectivity index (χ3v) is 2.97. The van der Waals surface area contributed by atoms with Crippen molar-refractivity contribution in [2.75, 3.05) is 13.6 Å². The Balaban J connectivity index is 2.63. The van der Waals surface area contributed by atoms with Gasteiger partial charge in [0.25, 0.3) is 0 Å². The molecule has 0 radical (unpaired) electrons. The lowest BCUT2D eigenvalue weighted by Gasteiger charge is -2.21. The highest BCUT2D eigenvalue weighted by atomic mass is 35.5. The first-order chi connectivity index (χ1) is 7.79. The monoisotopic (exact) mass is 253 g/mol. The zero-order valence-electron chi connectivity index (χ0n) is 11.6.